The van der Waals surface area contributed by atoms with E-state index in [4.69, 9.17) is 11.6 Å². The Kier molecular flexibility index (Phi) is 3.05. The van der Waals surface area contributed by atoms with E-state index in [9.17, 15) is 18.0 Å². The molecule has 0 aromatic rings. The molecule has 0 amide bonds. The molecule has 0 heterocycles. The van der Waals surface area contributed by atoms with Crippen molar-refractivity contribution in [3.05, 3.63) is 11.1 Å². The summed E-state index contributed by atoms with van der Waals surface area (Å²) in [4.78, 5) is 10.1. The van der Waals surface area contributed by atoms with Crippen molar-refractivity contribution in [3.63, 3.8) is 0 Å². The van der Waals surface area contributed by atoms with Gasteiger partial charge in [0.05, 0.1) is 0 Å². The van der Waals surface area contributed by atoms with E-state index in [2.05, 4.69) is 4.74 Å². The highest BCUT2D eigenvalue weighted by molar-refractivity contribution is 6.30. The molecule has 0 bridgehead atoms. The van der Waals surface area contributed by atoms with E-state index in [0.717, 1.165) is 6.08 Å². The first-order valence-corrected chi connectivity index (χ1v) is 4.62. The fraction of sp³-hybridized carbons (Fsp3) is 0.667. The molecule has 1 fully saturated rings. The molecule has 6 heteroatoms. The van der Waals surface area contributed by atoms with Gasteiger partial charge in [-0.1, -0.05) is 31.5 Å². The standard InChI is InChI=1S/C9H10ClF3O2/c1-8(2)5(7(8)15-4-14)3-6(10)9(11,12)13/h3-5,7H,1-2H3/b6-3+/t5?,7-/m1/s1. The van der Waals surface area contributed by atoms with Crippen molar-refractivity contribution in [1.82, 2.24) is 0 Å². The van der Waals surface area contributed by atoms with Gasteiger partial charge in [-0.05, 0) is 0 Å². The molecule has 0 aliphatic heterocycles. The first-order valence-electron chi connectivity index (χ1n) is 4.25. The molecule has 0 N–H and O–H groups in total. The van der Waals surface area contributed by atoms with Crippen LogP contribution < -0.4 is 0 Å². The van der Waals surface area contributed by atoms with E-state index in [1.165, 1.54) is 0 Å². The Balaban J connectivity index is 2.73. The Bertz CT molecular complexity index is 296. The molecule has 0 radical (unpaired) electrons. The highest BCUT2D eigenvalue weighted by Gasteiger charge is 2.59. The molecule has 0 saturated heterocycles. The Morgan fingerprint density at radius 2 is 2.00 bits per heavy atom. The fourth-order valence-corrected chi connectivity index (χ4v) is 1.64. The van der Waals surface area contributed by atoms with Crippen LogP contribution >= 0.6 is 11.6 Å². The van der Waals surface area contributed by atoms with Crippen LogP contribution in [0.1, 0.15) is 13.8 Å². The lowest BCUT2D eigenvalue weighted by atomic mass is 10.1. The van der Waals surface area contributed by atoms with Gasteiger partial charge >= 0.3 is 6.18 Å². The van der Waals surface area contributed by atoms with Crippen LogP contribution in [0.5, 0.6) is 0 Å². The first-order chi connectivity index (χ1) is 6.71. The number of carbonyl (C=O) groups excluding carboxylic acids is 1. The van der Waals surface area contributed by atoms with E-state index in [1.54, 1.807) is 13.8 Å². The van der Waals surface area contributed by atoms with Gasteiger partial charge in [-0.3, -0.25) is 4.79 Å². The summed E-state index contributed by atoms with van der Waals surface area (Å²) in [7, 11) is 0. The van der Waals surface area contributed by atoms with Crippen molar-refractivity contribution in [2.75, 3.05) is 0 Å². The Morgan fingerprint density at radius 1 is 1.47 bits per heavy atom. The minimum Gasteiger partial charge on any atom is -0.463 e. The second-order valence-electron chi connectivity index (χ2n) is 4.01. The molecular formula is C9H10ClF3O2. The monoisotopic (exact) mass is 242 g/mol. The maximum Gasteiger partial charge on any atom is 0.426 e. The highest BCUT2D eigenvalue weighted by atomic mass is 35.5. The van der Waals surface area contributed by atoms with E-state index in [1.807, 2.05) is 0 Å². The number of ether oxygens (including phenoxy) is 1. The summed E-state index contributed by atoms with van der Waals surface area (Å²) < 4.78 is 40.9. The number of hydrogen-bond donors (Lipinski definition) is 0. The average Bonchev–Trinajstić information content (AvgIpc) is 2.54. The van der Waals surface area contributed by atoms with Crippen LogP contribution in [-0.4, -0.2) is 18.8 Å². The minimum atomic E-state index is -4.54. The van der Waals surface area contributed by atoms with Crippen molar-refractivity contribution in [3.8, 4) is 0 Å². The summed E-state index contributed by atoms with van der Waals surface area (Å²) in [5.74, 6) is -0.475. The zero-order valence-corrected chi connectivity index (χ0v) is 8.89. The Morgan fingerprint density at radius 3 is 2.40 bits per heavy atom. The normalized spacial score (nSPS) is 29.9. The van der Waals surface area contributed by atoms with Gasteiger partial charge in [-0.25, -0.2) is 0 Å². The van der Waals surface area contributed by atoms with Crippen LogP contribution in [-0.2, 0) is 9.53 Å². The van der Waals surface area contributed by atoms with Gasteiger partial charge in [0.25, 0.3) is 6.47 Å². The average molecular weight is 243 g/mol. The third-order valence-electron chi connectivity index (χ3n) is 2.61. The largest absolute Gasteiger partial charge is 0.463 e. The van der Waals surface area contributed by atoms with Crippen molar-refractivity contribution in [2.24, 2.45) is 11.3 Å². The van der Waals surface area contributed by atoms with Crippen molar-refractivity contribution < 1.29 is 22.7 Å². The zero-order chi connectivity index (χ0) is 11.9. The number of alkyl halides is 3. The van der Waals surface area contributed by atoms with Gasteiger partial charge in [-0.2, -0.15) is 13.2 Å². The summed E-state index contributed by atoms with van der Waals surface area (Å²) in [6, 6.07) is 0. The second kappa shape index (κ2) is 3.70. The Hall–Kier alpha value is -0.710. The zero-order valence-electron chi connectivity index (χ0n) is 8.14. The molecule has 1 saturated carbocycles. The quantitative estimate of drug-likeness (QED) is 0.712. The fourth-order valence-electron chi connectivity index (χ4n) is 1.50. The molecule has 0 aromatic heterocycles. The highest BCUT2D eigenvalue weighted by Crippen LogP contribution is 2.55. The molecule has 0 spiro atoms. The molecule has 0 aromatic carbocycles. The number of allylic oxidation sites excluding steroid dienone is 1. The van der Waals surface area contributed by atoms with E-state index in [0.29, 0.717) is 0 Å². The van der Waals surface area contributed by atoms with Crippen molar-refractivity contribution >= 4 is 18.1 Å². The van der Waals surface area contributed by atoms with Crippen LogP contribution in [0.2, 0.25) is 0 Å². The molecule has 86 valence electrons. The smallest absolute Gasteiger partial charge is 0.426 e. The molecule has 15 heavy (non-hydrogen) atoms. The third kappa shape index (κ3) is 2.45. The molecule has 2 nitrogen and oxygen atoms in total. The predicted octanol–water partition coefficient (Wildman–Crippen LogP) is 2.87. The molecule has 1 unspecified atom stereocenters. The molecule has 1 rings (SSSR count). The van der Waals surface area contributed by atoms with Gasteiger partial charge in [-0.15, -0.1) is 0 Å². The van der Waals surface area contributed by atoms with Crippen LogP contribution in [0.4, 0.5) is 13.2 Å². The minimum absolute atomic E-state index is 0.238. The maximum absolute atomic E-state index is 12.1. The van der Waals surface area contributed by atoms with Crippen molar-refractivity contribution in [2.45, 2.75) is 26.1 Å². The summed E-state index contributed by atoms with van der Waals surface area (Å²) in [6.45, 7) is 3.66. The lowest BCUT2D eigenvalue weighted by Crippen LogP contribution is -2.07. The SMILES string of the molecule is CC1(C)C(/C=C(/Cl)C(F)(F)F)[C@H]1OC=O. The molecule has 2 atom stereocenters. The number of halogens is 4. The summed E-state index contributed by atoms with van der Waals surface area (Å²) in [5, 5.41) is -1.17. The van der Waals surface area contributed by atoms with Gasteiger partial charge < -0.3 is 4.74 Å². The van der Waals surface area contributed by atoms with E-state index < -0.39 is 28.6 Å². The first kappa shape index (κ1) is 12.4. The predicted molar refractivity (Wildman–Crippen MR) is 48.2 cm³/mol. The topological polar surface area (TPSA) is 26.3 Å². The van der Waals surface area contributed by atoms with Crippen LogP contribution in [0.15, 0.2) is 11.1 Å². The number of hydrogen-bond acceptors (Lipinski definition) is 2. The summed E-state index contributed by atoms with van der Waals surface area (Å²) in [5.41, 5.74) is -0.480. The third-order valence-corrected chi connectivity index (χ3v) is 2.95. The van der Waals surface area contributed by atoms with Crippen LogP contribution in [0, 0.1) is 11.3 Å². The van der Waals surface area contributed by atoms with Crippen LogP contribution in [0.3, 0.4) is 0 Å². The Labute approximate surface area is 90.0 Å². The van der Waals surface area contributed by atoms with Gasteiger partial charge in [0.15, 0.2) is 0 Å². The van der Waals surface area contributed by atoms with Crippen molar-refractivity contribution in [1.29, 1.82) is 0 Å². The van der Waals surface area contributed by atoms with Gasteiger partial charge in [0.2, 0.25) is 0 Å². The lowest BCUT2D eigenvalue weighted by Gasteiger charge is -2.03. The van der Waals surface area contributed by atoms with E-state index >= 15 is 0 Å². The molecular weight excluding hydrogens is 233 g/mol. The summed E-state index contributed by atoms with van der Waals surface area (Å²) in [6.07, 6.45) is -4.16. The van der Waals surface area contributed by atoms with E-state index in [-0.39, 0.29) is 6.47 Å². The van der Waals surface area contributed by atoms with Gasteiger partial charge in [0, 0.05) is 11.3 Å². The number of rotatable bonds is 3. The molecule has 1 aliphatic rings. The molecule has 1 aliphatic carbocycles. The number of carbonyl (C=O) groups is 1. The maximum atomic E-state index is 12.1. The second-order valence-corrected chi connectivity index (χ2v) is 4.42. The lowest BCUT2D eigenvalue weighted by molar-refractivity contribution is -0.130. The summed E-state index contributed by atoms with van der Waals surface area (Å²) >= 11 is 5.08. The van der Waals surface area contributed by atoms with Gasteiger partial charge in [0.1, 0.15) is 11.1 Å². The van der Waals surface area contributed by atoms with Crippen LogP contribution in [0.25, 0.3) is 0 Å².